The molecule has 1 N–H and O–H groups in total. The van der Waals surface area contributed by atoms with Crippen LogP contribution in [0.4, 0.5) is 11.4 Å². The van der Waals surface area contributed by atoms with Crippen molar-refractivity contribution in [3.8, 4) is 11.5 Å². The molecule has 20 heavy (non-hydrogen) atoms. The maximum atomic E-state index is 11.1. The second-order valence-corrected chi connectivity index (χ2v) is 5.10. The van der Waals surface area contributed by atoms with E-state index in [0.717, 1.165) is 3.77 Å². The van der Waals surface area contributed by atoms with Crippen molar-refractivity contribution in [3.05, 3.63) is 43.9 Å². The van der Waals surface area contributed by atoms with Crippen LogP contribution in [-0.2, 0) is 6.54 Å². The number of rotatable bonds is 4. The first-order chi connectivity index (χ1) is 9.63. The molecule has 2 aromatic rings. The Kier molecular flexibility index (Phi) is 3.38. The number of benzene rings is 1. The van der Waals surface area contributed by atoms with Crippen molar-refractivity contribution in [1.82, 2.24) is 0 Å². The van der Waals surface area contributed by atoms with Crippen LogP contribution in [0.2, 0.25) is 0 Å². The Balaban J connectivity index is 1.86. The summed E-state index contributed by atoms with van der Waals surface area (Å²) in [5.74, 6) is 1.57. The van der Waals surface area contributed by atoms with Gasteiger partial charge in [-0.15, -0.1) is 0 Å². The second-order valence-electron chi connectivity index (χ2n) is 4.04. The van der Waals surface area contributed by atoms with Crippen molar-refractivity contribution in [3.63, 3.8) is 0 Å². The largest absolute Gasteiger partial charge is 0.454 e. The lowest BCUT2D eigenvalue weighted by molar-refractivity contribution is -0.384. The van der Waals surface area contributed by atoms with Gasteiger partial charge in [0.25, 0.3) is 5.69 Å². The van der Waals surface area contributed by atoms with Crippen LogP contribution in [0.1, 0.15) is 5.76 Å². The van der Waals surface area contributed by atoms with Crippen molar-refractivity contribution >= 4 is 34.0 Å². The van der Waals surface area contributed by atoms with Crippen LogP contribution >= 0.6 is 22.6 Å². The zero-order valence-electron chi connectivity index (χ0n) is 10.1. The van der Waals surface area contributed by atoms with Gasteiger partial charge in [-0.2, -0.15) is 0 Å². The van der Waals surface area contributed by atoms with Gasteiger partial charge in [0.2, 0.25) is 6.79 Å². The lowest BCUT2D eigenvalue weighted by Crippen LogP contribution is -2.02. The summed E-state index contributed by atoms with van der Waals surface area (Å²) in [5.41, 5.74) is 0.307. The normalized spacial score (nSPS) is 12.4. The highest BCUT2D eigenvalue weighted by Gasteiger charge is 2.23. The minimum atomic E-state index is -0.462. The number of hydrogen-bond acceptors (Lipinski definition) is 6. The maximum absolute atomic E-state index is 11.1. The number of nitro groups is 1. The fourth-order valence-corrected chi connectivity index (χ4v) is 2.32. The van der Waals surface area contributed by atoms with Gasteiger partial charge in [0, 0.05) is 6.07 Å². The van der Waals surface area contributed by atoms with Crippen molar-refractivity contribution in [2.24, 2.45) is 0 Å². The van der Waals surface area contributed by atoms with Gasteiger partial charge in [-0.05, 0) is 34.7 Å². The Morgan fingerprint density at radius 2 is 2.05 bits per heavy atom. The van der Waals surface area contributed by atoms with Gasteiger partial charge in [0.1, 0.15) is 11.4 Å². The van der Waals surface area contributed by atoms with Crippen LogP contribution in [0, 0.1) is 13.9 Å². The standard InChI is InChI=1S/C12H9IN2O5/c13-12-2-1-7(20-12)5-14-8-3-10-11(19-6-18-10)4-9(8)15(16)17/h1-4,14H,5-6H2. The second kappa shape index (κ2) is 5.19. The molecule has 104 valence electrons. The predicted octanol–water partition coefficient (Wildman–Crippen LogP) is 3.13. The van der Waals surface area contributed by atoms with E-state index in [4.69, 9.17) is 13.9 Å². The van der Waals surface area contributed by atoms with Crippen molar-refractivity contribution in [2.75, 3.05) is 12.1 Å². The molecular formula is C12H9IN2O5. The van der Waals surface area contributed by atoms with E-state index >= 15 is 0 Å². The summed E-state index contributed by atoms with van der Waals surface area (Å²) in [6.07, 6.45) is 0. The molecule has 0 radical (unpaired) electrons. The van der Waals surface area contributed by atoms with Gasteiger partial charge in [0.05, 0.1) is 17.5 Å². The summed E-state index contributed by atoms with van der Waals surface area (Å²) < 4.78 is 16.5. The highest BCUT2D eigenvalue weighted by atomic mass is 127. The average Bonchev–Trinajstić information content (AvgIpc) is 3.03. The van der Waals surface area contributed by atoms with E-state index in [1.165, 1.54) is 6.07 Å². The van der Waals surface area contributed by atoms with Crippen LogP contribution in [0.5, 0.6) is 11.5 Å². The molecule has 0 saturated heterocycles. The highest BCUT2D eigenvalue weighted by molar-refractivity contribution is 14.1. The van der Waals surface area contributed by atoms with E-state index in [9.17, 15) is 10.1 Å². The van der Waals surface area contributed by atoms with E-state index in [1.807, 2.05) is 12.1 Å². The zero-order chi connectivity index (χ0) is 14.1. The molecule has 0 bridgehead atoms. The van der Waals surface area contributed by atoms with E-state index in [2.05, 4.69) is 27.9 Å². The molecule has 1 aliphatic heterocycles. The summed E-state index contributed by atoms with van der Waals surface area (Å²) in [5, 5.41) is 14.1. The smallest absolute Gasteiger partial charge is 0.296 e. The molecule has 1 aromatic carbocycles. The monoisotopic (exact) mass is 388 g/mol. The molecule has 0 amide bonds. The van der Waals surface area contributed by atoms with Gasteiger partial charge in [-0.1, -0.05) is 0 Å². The lowest BCUT2D eigenvalue weighted by atomic mass is 10.2. The van der Waals surface area contributed by atoms with E-state index < -0.39 is 4.92 Å². The molecule has 0 atom stereocenters. The number of ether oxygens (including phenoxy) is 2. The molecule has 0 fully saturated rings. The first-order valence-electron chi connectivity index (χ1n) is 5.69. The van der Waals surface area contributed by atoms with Gasteiger partial charge in [-0.25, -0.2) is 0 Å². The van der Waals surface area contributed by atoms with E-state index in [0.29, 0.717) is 29.5 Å². The number of nitro benzene ring substituents is 1. The quantitative estimate of drug-likeness (QED) is 0.492. The molecule has 2 heterocycles. The SMILES string of the molecule is O=[N+]([O-])c1cc2c(cc1NCc1ccc(I)o1)OCO2. The van der Waals surface area contributed by atoms with Crippen LogP contribution in [0.25, 0.3) is 0 Å². The fourth-order valence-electron chi connectivity index (χ4n) is 1.85. The van der Waals surface area contributed by atoms with E-state index in [-0.39, 0.29) is 12.5 Å². The molecule has 3 rings (SSSR count). The van der Waals surface area contributed by atoms with Gasteiger partial charge < -0.3 is 19.2 Å². The summed E-state index contributed by atoms with van der Waals surface area (Å²) >= 11 is 2.06. The van der Waals surface area contributed by atoms with E-state index in [1.54, 1.807) is 6.07 Å². The number of anilines is 1. The summed E-state index contributed by atoms with van der Waals surface area (Å²) in [6, 6.07) is 6.56. The Morgan fingerprint density at radius 1 is 1.30 bits per heavy atom. The third kappa shape index (κ3) is 2.50. The van der Waals surface area contributed by atoms with Crippen LogP contribution < -0.4 is 14.8 Å². The van der Waals surface area contributed by atoms with Gasteiger partial charge >= 0.3 is 0 Å². The Bertz CT molecular complexity index is 670. The Labute approximate surface area is 127 Å². The summed E-state index contributed by atoms with van der Waals surface area (Å²) in [4.78, 5) is 10.6. The topological polar surface area (TPSA) is 86.8 Å². The minimum Gasteiger partial charge on any atom is -0.454 e. The van der Waals surface area contributed by atoms with Crippen molar-refractivity contribution in [2.45, 2.75) is 6.54 Å². The number of furan rings is 1. The molecule has 7 nitrogen and oxygen atoms in total. The molecule has 8 heteroatoms. The van der Waals surface area contributed by atoms with Gasteiger partial charge in [0.15, 0.2) is 15.3 Å². The molecule has 0 spiro atoms. The number of hydrogen-bond donors (Lipinski definition) is 1. The third-order valence-electron chi connectivity index (χ3n) is 2.77. The predicted molar refractivity (Wildman–Crippen MR) is 78.0 cm³/mol. The van der Waals surface area contributed by atoms with Crippen molar-refractivity contribution in [1.29, 1.82) is 0 Å². The molecular weight excluding hydrogens is 379 g/mol. The van der Waals surface area contributed by atoms with Crippen molar-refractivity contribution < 1.29 is 18.8 Å². The van der Waals surface area contributed by atoms with Gasteiger partial charge in [-0.3, -0.25) is 10.1 Å². The molecule has 0 unspecified atom stereocenters. The molecule has 1 aromatic heterocycles. The number of halogens is 1. The first-order valence-corrected chi connectivity index (χ1v) is 6.77. The first kappa shape index (κ1) is 13.0. The maximum Gasteiger partial charge on any atom is 0.296 e. The highest BCUT2D eigenvalue weighted by Crippen LogP contribution is 2.40. The number of nitrogens with zero attached hydrogens (tertiary/aromatic N) is 1. The van der Waals surface area contributed by atoms with Crippen LogP contribution in [0.3, 0.4) is 0 Å². The summed E-state index contributed by atoms with van der Waals surface area (Å²) in [7, 11) is 0. The average molecular weight is 388 g/mol. The van der Waals surface area contributed by atoms with Crippen LogP contribution in [-0.4, -0.2) is 11.7 Å². The van der Waals surface area contributed by atoms with Crippen LogP contribution in [0.15, 0.2) is 28.7 Å². The number of nitrogens with one attached hydrogen (secondary N) is 1. The molecule has 0 saturated carbocycles. The lowest BCUT2D eigenvalue weighted by Gasteiger charge is -2.06. The summed E-state index contributed by atoms with van der Waals surface area (Å²) in [6.45, 7) is 0.426. The Morgan fingerprint density at radius 3 is 2.70 bits per heavy atom. The third-order valence-corrected chi connectivity index (χ3v) is 3.35. The molecule has 1 aliphatic rings. The minimum absolute atomic E-state index is 0.0597. The Hall–Kier alpha value is -1.97. The zero-order valence-corrected chi connectivity index (χ0v) is 12.2. The molecule has 0 aliphatic carbocycles. The number of fused-ring (bicyclic) bond motifs is 1. The fraction of sp³-hybridized carbons (Fsp3) is 0.167.